The van der Waals surface area contributed by atoms with Crippen LogP contribution in [0.5, 0.6) is 0 Å². The highest BCUT2D eigenvalue weighted by molar-refractivity contribution is 5.48. The number of hydrogen-bond donors (Lipinski definition) is 1. The van der Waals surface area contributed by atoms with Crippen LogP contribution in [0.4, 0.5) is 5.69 Å². The predicted molar refractivity (Wildman–Crippen MR) is 87.3 cm³/mol. The van der Waals surface area contributed by atoms with Crippen LogP contribution in [0.2, 0.25) is 0 Å². The van der Waals surface area contributed by atoms with Crippen LogP contribution in [-0.2, 0) is 0 Å². The summed E-state index contributed by atoms with van der Waals surface area (Å²) in [5.41, 5.74) is 8.84. The molecule has 0 spiro atoms. The van der Waals surface area contributed by atoms with E-state index >= 15 is 0 Å². The monoisotopic (exact) mass is 275 g/mol. The summed E-state index contributed by atoms with van der Waals surface area (Å²) in [4.78, 5) is 5.04. The minimum Gasteiger partial charge on any atom is -0.369 e. The molecule has 2 rings (SSSR count). The summed E-state index contributed by atoms with van der Waals surface area (Å²) < 4.78 is 0. The lowest BCUT2D eigenvalue weighted by molar-refractivity contribution is 0.241. The molecule has 0 amide bonds. The molecular formula is C17H29N3. The average molecular weight is 275 g/mol. The first-order valence-electron chi connectivity index (χ1n) is 7.86. The van der Waals surface area contributed by atoms with Crippen molar-refractivity contribution >= 4 is 5.69 Å². The molecule has 0 aliphatic carbocycles. The number of nitrogens with two attached hydrogens (primary N) is 1. The molecule has 1 saturated heterocycles. The molecule has 0 saturated carbocycles. The molecule has 1 aliphatic heterocycles. The van der Waals surface area contributed by atoms with Gasteiger partial charge in [0, 0.05) is 37.9 Å². The summed E-state index contributed by atoms with van der Waals surface area (Å²) in [5, 5.41) is 0. The quantitative estimate of drug-likeness (QED) is 0.896. The summed E-state index contributed by atoms with van der Waals surface area (Å²) in [5.74, 6) is 0.587. The van der Waals surface area contributed by atoms with Gasteiger partial charge in [-0.3, -0.25) is 4.90 Å². The molecule has 3 heteroatoms. The maximum Gasteiger partial charge on any atom is 0.0369 e. The highest BCUT2D eigenvalue weighted by Crippen LogP contribution is 2.18. The van der Waals surface area contributed by atoms with E-state index in [1.807, 2.05) is 0 Å². The van der Waals surface area contributed by atoms with E-state index in [2.05, 4.69) is 54.8 Å². The van der Waals surface area contributed by atoms with Gasteiger partial charge in [-0.05, 0) is 43.5 Å². The van der Waals surface area contributed by atoms with E-state index in [-0.39, 0.29) is 0 Å². The molecule has 0 bridgehead atoms. The van der Waals surface area contributed by atoms with Gasteiger partial charge in [-0.2, -0.15) is 0 Å². The maximum absolute atomic E-state index is 6.13. The van der Waals surface area contributed by atoms with Gasteiger partial charge < -0.3 is 10.6 Å². The van der Waals surface area contributed by atoms with Gasteiger partial charge in [0.1, 0.15) is 0 Å². The third-order valence-corrected chi connectivity index (χ3v) is 4.37. The van der Waals surface area contributed by atoms with Gasteiger partial charge in [-0.25, -0.2) is 0 Å². The van der Waals surface area contributed by atoms with Crippen LogP contribution in [0.25, 0.3) is 0 Å². The largest absolute Gasteiger partial charge is 0.369 e. The van der Waals surface area contributed by atoms with Crippen LogP contribution >= 0.6 is 0 Å². The van der Waals surface area contributed by atoms with E-state index in [1.165, 1.54) is 11.3 Å². The van der Waals surface area contributed by atoms with Gasteiger partial charge in [0.15, 0.2) is 0 Å². The fourth-order valence-corrected chi connectivity index (χ4v) is 2.72. The first kappa shape index (κ1) is 15.3. The lowest BCUT2D eigenvalue weighted by Crippen LogP contribution is -2.47. The highest BCUT2D eigenvalue weighted by Gasteiger charge is 2.18. The topological polar surface area (TPSA) is 32.5 Å². The van der Waals surface area contributed by atoms with Crippen molar-refractivity contribution in [1.29, 1.82) is 0 Å². The van der Waals surface area contributed by atoms with Crippen molar-refractivity contribution in [2.45, 2.75) is 33.2 Å². The Bertz CT molecular complexity index is 408. The zero-order valence-electron chi connectivity index (χ0n) is 13.2. The second kappa shape index (κ2) is 7.09. The van der Waals surface area contributed by atoms with E-state index in [0.29, 0.717) is 12.0 Å². The molecule has 2 N–H and O–H groups in total. The van der Waals surface area contributed by atoms with E-state index < -0.39 is 0 Å². The normalized spacial score (nSPS) is 18.6. The summed E-state index contributed by atoms with van der Waals surface area (Å²) >= 11 is 0. The van der Waals surface area contributed by atoms with Gasteiger partial charge in [-0.15, -0.1) is 0 Å². The second-order valence-corrected chi connectivity index (χ2v) is 6.36. The maximum atomic E-state index is 6.13. The minimum absolute atomic E-state index is 0.338. The van der Waals surface area contributed by atoms with Crippen LogP contribution in [-0.4, -0.2) is 43.7 Å². The van der Waals surface area contributed by atoms with Crippen molar-refractivity contribution in [2.75, 3.05) is 37.6 Å². The Morgan fingerprint density at radius 3 is 2.45 bits per heavy atom. The number of piperazine rings is 1. The summed E-state index contributed by atoms with van der Waals surface area (Å²) in [6.45, 7) is 12.3. The average Bonchev–Trinajstić information content (AvgIpc) is 2.45. The zero-order chi connectivity index (χ0) is 14.5. The van der Waals surface area contributed by atoms with Crippen molar-refractivity contribution < 1.29 is 0 Å². The molecule has 0 radical (unpaired) electrons. The van der Waals surface area contributed by atoms with Gasteiger partial charge in [0.05, 0.1) is 0 Å². The zero-order valence-corrected chi connectivity index (χ0v) is 13.2. The molecule has 1 heterocycles. The first-order chi connectivity index (χ1) is 9.56. The van der Waals surface area contributed by atoms with E-state index in [9.17, 15) is 0 Å². The number of aryl methyl sites for hydroxylation is 1. The molecule has 0 aromatic heterocycles. The van der Waals surface area contributed by atoms with Gasteiger partial charge in [-0.1, -0.05) is 26.0 Å². The number of hydrogen-bond acceptors (Lipinski definition) is 3. The Labute approximate surface area is 123 Å². The smallest absolute Gasteiger partial charge is 0.0369 e. The minimum atomic E-state index is 0.338. The second-order valence-electron chi connectivity index (χ2n) is 6.36. The molecule has 1 fully saturated rings. The van der Waals surface area contributed by atoms with E-state index in [4.69, 9.17) is 5.73 Å². The fourth-order valence-electron chi connectivity index (χ4n) is 2.72. The molecule has 1 aromatic carbocycles. The highest BCUT2D eigenvalue weighted by atomic mass is 15.3. The predicted octanol–water partition coefficient (Wildman–Crippen LogP) is 2.49. The number of benzene rings is 1. The standard InChI is InChI=1S/C17H29N3/c1-14(2)17(18)7-8-19-9-11-20(12-10-19)16-6-4-5-15(3)13-16/h4-6,13-14,17H,7-12,18H2,1-3H3. The number of rotatable bonds is 5. The van der Waals surface area contributed by atoms with Crippen molar-refractivity contribution in [1.82, 2.24) is 4.90 Å². The Hall–Kier alpha value is -1.06. The van der Waals surface area contributed by atoms with Gasteiger partial charge in [0.2, 0.25) is 0 Å². The Balaban J connectivity index is 1.78. The van der Waals surface area contributed by atoms with Crippen LogP contribution < -0.4 is 10.6 Å². The van der Waals surface area contributed by atoms with Crippen molar-refractivity contribution in [2.24, 2.45) is 11.7 Å². The van der Waals surface area contributed by atoms with Crippen molar-refractivity contribution in [3.05, 3.63) is 29.8 Å². The number of anilines is 1. The summed E-state index contributed by atoms with van der Waals surface area (Å²) in [7, 11) is 0. The van der Waals surface area contributed by atoms with Crippen molar-refractivity contribution in [3.8, 4) is 0 Å². The van der Waals surface area contributed by atoms with Crippen LogP contribution in [0, 0.1) is 12.8 Å². The summed E-state index contributed by atoms with van der Waals surface area (Å²) in [6, 6.07) is 9.15. The fraction of sp³-hybridized carbons (Fsp3) is 0.647. The van der Waals surface area contributed by atoms with Gasteiger partial charge >= 0.3 is 0 Å². The van der Waals surface area contributed by atoms with E-state index in [0.717, 1.165) is 39.1 Å². The molecule has 20 heavy (non-hydrogen) atoms. The number of nitrogens with zero attached hydrogens (tertiary/aromatic N) is 2. The lowest BCUT2D eigenvalue weighted by atomic mass is 10.0. The van der Waals surface area contributed by atoms with Crippen LogP contribution in [0.1, 0.15) is 25.8 Å². The van der Waals surface area contributed by atoms with Crippen LogP contribution in [0.3, 0.4) is 0 Å². The SMILES string of the molecule is Cc1cccc(N2CCN(CCC(N)C(C)C)CC2)c1. The Kier molecular flexibility index (Phi) is 5.44. The third kappa shape index (κ3) is 4.22. The van der Waals surface area contributed by atoms with Crippen LogP contribution in [0.15, 0.2) is 24.3 Å². The molecule has 1 aromatic rings. The Morgan fingerprint density at radius 2 is 1.85 bits per heavy atom. The first-order valence-corrected chi connectivity index (χ1v) is 7.86. The van der Waals surface area contributed by atoms with E-state index in [1.54, 1.807) is 0 Å². The molecule has 3 nitrogen and oxygen atoms in total. The molecule has 112 valence electrons. The molecular weight excluding hydrogens is 246 g/mol. The molecule has 1 atom stereocenters. The lowest BCUT2D eigenvalue weighted by Gasteiger charge is -2.36. The summed E-state index contributed by atoms with van der Waals surface area (Å²) in [6.07, 6.45) is 1.11. The third-order valence-electron chi connectivity index (χ3n) is 4.37. The van der Waals surface area contributed by atoms with Crippen molar-refractivity contribution in [3.63, 3.8) is 0 Å². The molecule has 1 aliphatic rings. The Morgan fingerprint density at radius 1 is 1.15 bits per heavy atom. The van der Waals surface area contributed by atoms with Gasteiger partial charge in [0.25, 0.3) is 0 Å². The molecule has 1 unspecified atom stereocenters.